The van der Waals surface area contributed by atoms with E-state index in [0.29, 0.717) is 6.54 Å². The second kappa shape index (κ2) is 2.64. The Hall–Kier alpha value is -1.13. The number of hydrogen-bond acceptors (Lipinski definition) is 5. The van der Waals surface area contributed by atoms with Gasteiger partial charge in [0.15, 0.2) is 6.04 Å². The lowest BCUT2D eigenvalue weighted by Crippen LogP contribution is -2.34. The van der Waals surface area contributed by atoms with Crippen LogP contribution in [0.25, 0.3) is 0 Å². The van der Waals surface area contributed by atoms with Crippen molar-refractivity contribution in [2.24, 2.45) is 10.3 Å². The Morgan fingerprint density at radius 2 is 2.50 bits per heavy atom. The largest absolute Gasteiger partial charge is 0.467 e. The summed E-state index contributed by atoms with van der Waals surface area (Å²) in [6, 6.07) is -0.315. The van der Waals surface area contributed by atoms with Gasteiger partial charge in [0.05, 0.1) is 13.7 Å². The maximum Gasteiger partial charge on any atom is 0.332 e. The number of carbonyl (C=O) groups excluding carboxylic acids is 1. The zero-order valence-electron chi connectivity index (χ0n) is 5.94. The van der Waals surface area contributed by atoms with E-state index in [1.54, 1.807) is 7.05 Å². The highest BCUT2D eigenvalue weighted by atomic mass is 16.5. The molecule has 10 heavy (non-hydrogen) atoms. The lowest BCUT2D eigenvalue weighted by atomic mass is 10.3. The van der Waals surface area contributed by atoms with Gasteiger partial charge in [-0.25, -0.2) is 4.79 Å². The Labute approximate surface area is 58.6 Å². The van der Waals surface area contributed by atoms with Crippen LogP contribution in [0.4, 0.5) is 0 Å². The quantitative estimate of drug-likeness (QED) is 0.479. The van der Waals surface area contributed by atoms with Crippen molar-refractivity contribution < 1.29 is 9.53 Å². The lowest BCUT2D eigenvalue weighted by Gasteiger charge is -2.12. The van der Waals surface area contributed by atoms with Gasteiger partial charge in [-0.1, -0.05) is 5.22 Å². The van der Waals surface area contributed by atoms with E-state index in [1.807, 2.05) is 0 Å². The standard InChI is InChI=1S/C5H9N3O2/c1-8-4(3-6-7-8)5(9)10-2/h4H,3H2,1-2H3. The molecule has 1 aliphatic heterocycles. The van der Waals surface area contributed by atoms with Crippen molar-refractivity contribution in [3.63, 3.8) is 0 Å². The minimum atomic E-state index is -0.315. The first-order valence-corrected chi connectivity index (χ1v) is 2.94. The highest BCUT2D eigenvalue weighted by molar-refractivity contribution is 5.76. The highest BCUT2D eigenvalue weighted by Crippen LogP contribution is 2.07. The summed E-state index contributed by atoms with van der Waals surface area (Å²) in [5.74, 6) is -0.285. The van der Waals surface area contributed by atoms with Crippen molar-refractivity contribution in [2.45, 2.75) is 6.04 Å². The van der Waals surface area contributed by atoms with E-state index in [9.17, 15) is 4.79 Å². The molecule has 1 atom stereocenters. The molecule has 5 nitrogen and oxygen atoms in total. The van der Waals surface area contributed by atoms with Crippen molar-refractivity contribution in [3.05, 3.63) is 0 Å². The monoisotopic (exact) mass is 143 g/mol. The first kappa shape index (κ1) is 6.98. The molecule has 1 unspecified atom stereocenters. The third-order valence-electron chi connectivity index (χ3n) is 1.38. The number of carbonyl (C=O) groups is 1. The first-order chi connectivity index (χ1) is 4.75. The summed E-state index contributed by atoms with van der Waals surface area (Å²) < 4.78 is 4.50. The number of rotatable bonds is 1. The van der Waals surface area contributed by atoms with Gasteiger partial charge in [-0.2, -0.15) is 5.11 Å². The average Bonchev–Trinajstić information content (AvgIpc) is 2.34. The molecule has 0 fully saturated rings. The zero-order chi connectivity index (χ0) is 7.56. The number of likely N-dealkylation sites (N-methyl/N-ethyl adjacent to an activating group) is 1. The fraction of sp³-hybridized carbons (Fsp3) is 0.800. The van der Waals surface area contributed by atoms with E-state index in [0.717, 1.165) is 0 Å². The summed E-state index contributed by atoms with van der Waals surface area (Å²) in [6.45, 7) is 0.406. The van der Waals surface area contributed by atoms with Crippen LogP contribution in [-0.4, -0.2) is 37.7 Å². The molecule has 0 spiro atoms. The fourth-order valence-corrected chi connectivity index (χ4v) is 0.757. The van der Waals surface area contributed by atoms with Gasteiger partial charge < -0.3 is 4.74 Å². The normalized spacial score (nSPS) is 23.4. The van der Waals surface area contributed by atoms with Crippen molar-refractivity contribution in [3.8, 4) is 0 Å². The molecule has 0 radical (unpaired) electrons. The van der Waals surface area contributed by atoms with Gasteiger partial charge in [0.25, 0.3) is 0 Å². The molecule has 1 heterocycles. The molecule has 0 aromatic carbocycles. The van der Waals surface area contributed by atoms with Crippen LogP contribution in [0, 0.1) is 0 Å². The third-order valence-corrected chi connectivity index (χ3v) is 1.38. The van der Waals surface area contributed by atoms with E-state index < -0.39 is 0 Å². The van der Waals surface area contributed by atoms with E-state index in [4.69, 9.17) is 0 Å². The van der Waals surface area contributed by atoms with E-state index in [1.165, 1.54) is 12.1 Å². The minimum absolute atomic E-state index is 0.285. The molecule has 1 rings (SSSR count). The van der Waals surface area contributed by atoms with Crippen molar-refractivity contribution in [2.75, 3.05) is 20.7 Å². The molecule has 0 aromatic rings. The SMILES string of the molecule is COC(=O)C1CN=NN1C. The van der Waals surface area contributed by atoms with Crippen molar-refractivity contribution >= 4 is 5.97 Å². The van der Waals surface area contributed by atoms with Gasteiger partial charge in [-0.05, 0) is 0 Å². The van der Waals surface area contributed by atoms with Gasteiger partial charge >= 0.3 is 5.97 Å². The van der Waals surface area contributed by atoms with Gasteiger partial charge in [0, 0.05) is 7.05 Å². The molecule has 1 aliphatic rings. The summed E-state index contributed by atoms with van der Waals surface area (Å²) >= 11 is 0. The molecule has 0 saturated carbocycles. The Bertz CT molecular complexity index is 168. The van der Waals surface area contributed by atoms with Crippen molar-refractivity contribution in [1.29, 1.82) is 0 Å². The number of methoxy groups -OCH3 is 1. The lowest BCUT2D eigenvalue weighted by molar-refractivity contribution is -0.145. The van der Waals surface area contributed by atoms with Crippen LogP contribution in [0.5, 0.6) is 0 Å². The molecule has 0 bridgehead atoms. The second-order valence-corrected chi connectivity index (χ2v) is 2.03. The maximum atomic E-state index is 10.8. The van der Waals surface area contributed by atoms with Crippen LogP contribution >= 0.6 is 0 Å². The van der Waals surface area contributed by atoms with Crippen molar-refractivity contribution in [1.82, 2.24) is 5.01 Å². The van der Waals surface area contributed by atoms with Gasteiger partial charge in [0.2, 0.25) is 0 Å². The van der Waals surface area contributed by atoms with Crippen LogP contribution in [0.2, 0.25) is 0 Å². The summed E-state index contributed by atoms with van der Waals surface area (Å²) in [5.41, 5.74) is 0. The topological polar surface area (TPSA) is 54.3 Å². The maximum absolute atomic E-state index is 10.8. The predicted molar refractivity (Wildman–Crippen MR) is 33.3 cm³/mol. The zero-order valence-corrected chi connectivity index (χ0v) is 5.94. The molecular formula is C5H9N3O2. The predicted octanol–water partition coefficient (Wildman–Crippen LogP) is -0.159. The Kier molecular flexibility index (Phi) is 1.84. The average molecular weight is 143 g/mol. The third kappa shape index (κ3) is 1.07. The highest BCUT2D eigenvalue weighted by Gasteiger charge is 2.26. The molecule has 0 amide bonds. The minimum Gasteiger partial charge on any atom is -0.467 e. The van der Waals surface area contributed by atoms with Crippen LogP contribution in [0.3, 0.4) is 0 Å². The second-order valence-electron chi connectivity index (χ2n) is 2.03. The molecule has 5 heteroatoms. The number of esters is 1. The fourth-order valence-electron chi connectivity index (χ4n) is 0.757. The smallest absolute Gasteiger partial charge is 0.332 e. The molecule has 0 aromatic heterocycles. The van der Waals surface area contributed by atoms with Crippen LogP contribution in [0.15, 0.2) is 10.3 Å². The van der Waals surface area contributed by atoms with Gasteiger partial charge in [-0.15, -0.1) is 0 Å². The Morgan fingerprint density at radius 3 is 2.90 bits per heavy atom. The summed E-state index contributed by atoms with van der Waals surface area (Å²) in [6.07, 6.45) is 0. The number of ether oxygens (including phenoxy) is 1. The summed E-state index contributed by atoms with van der Waals surface area (Å²) in [4.78, 5) is 10.8. The van der Waals surface area contributed by atoms with Gasteiger partial charge in [0.1, 0.15) is 0 Å². The molecule has 56 valence electrons. The number of nitrogens with zero attached hydrogens (tertiary/aromatic N) is 3. The Balaban J connectivity index is 2.51. The van der Waals surface area contributed by atoms with E-state index >= 15 is 0 Å². The molecule has 0 aliphatic carbocycles. The summed E-state index contributed by atoms with van der Waals surface area (Å²) in [7, 11) is 3.05. The summed E-state index contributed by atoms with van der Waals surface area (Å²) in [5, 5.41) is 8.80. The molecular weight excluding hydrogens is 134 g/mol. The molecule has 0 saturated heterocycles. The number of hydrogen-bond donors (Lipinski definition) is 0. The van der Waals surface area contributed by atoms with E-state index in [2.05, 4.69) is 15.1 Å². The van der Waals surface area contributed by atoms with Crippen LogP contribution in [-0.2, 0) is 9.53 Å². The van der Waals surface area contributed by atoms with Crippen LogP contribution < -0.4 is 0 Å². The Morgan fingerprint density at radius 1 is 1.80 bits per heavy atom. The van der Waals surface area contributed by atoms with Gasteiger partial charge in [-0.3, -0.25) is 5.01 Å². The molecule has 0 N–H and O–H groups in total. The van der Waals surface area contributed by atoms with E-state index in [-0.39, 0.29) is 12.0 Å². The first-order valence-electron chi connectivity index (χ1n) is 2.94. The van der Waals surface area contributed by atoms with Crippen LogP contribution in [0.1, 0.15) is 0 Å².